The van der Waals surface area contributed by atoms with Gasteiger partial charge in [0.15, 0.2) is 0 Å². The Morgan fingerprint density at radius 3 is 1.83 bits per heavy atom. The minimum absolute atomic E-state index is 0. The number of ketones is 1. The molecule has 1 nitrogen and oxygen atoms in total. The van der Waals surface area contributed by atoms with Gasteiger partial charge in [-0.15, -0.1) is 0 Å². The number of hydrogen-bond acceptors (Lipinski definition) is 1. The summed E-state index contributed by atoms with van der Waals surface area (Å²) in [6.07, 6.45) is 1.53. The third-order valence-electron chi connectivity index (χ3n) is 0.407. The Bertz CT molecular complexity index is 42.8. The van der Waals surface area contributed by atoms with Gasteiger partial charge in [0.05, 0.1) is 0 Å². The Labute approximate surface area is 32.0 Å². The first kappa shape index (κ1) is 8.82. The van der Waals surface area contributed by atoms with Gasteiger partial charge in [-0.2, -0.15) is 6.92 Å². The molecule has 0 N–H and O–H groups in total. The van der Waals surface area contributed by atoms with E-state index in [2.05, 4.69) is 0 Å². The molecule has 0 aliphatic heterocycles. The Balaban J connectivity index is 0. The first-order chi connectivity index (χ1) is 2.27. The van der Waals surface area contributed by atoms with E-state index in [9.17, 15) is 4.79 Å². The van der Waals surface area contributed by atoms with E-state index in [1.165, 1.54) is 13.3 Å². The maximum Gasteiger partial charge on any atom is 0 e. The molecule has 0 rings (SSSR count). The molecule has 0 bridgehead atoms. The van der Waals surface area contributed by atoms with Gasteiger partial charge in [-0.25, -0.2) is 0 Å². The molecule has 32 valence electrons. The molecule has 0 spiro atoms. The van der Waals surface area contributed by atoms with Gasteiger partial charge in [-0.1, -0.05) is 0 Å². The SMILES string of the molecule is C[CH-]C(C)=O.[Rf]. The summed E-state index contributed by atoms with van der Waals surface area (Å²) in [5.41, 5.74) is 0. The van der Waals surface area contributed by atoms with Gasteiger partial charge < -0.3 is 11.2 Å². The van der Waals surface area contributed by atoms with Crippen molar-refractivity contribution in [3.05, 3.63) is 6.42 Å². The first-order valence-electron chi connectivity index (χ1n) is 1.57. The standard InChI is InChI=1S/C4H7O.Rf/c1-3-4(2)5;/h3H,1-2H3;/q-1;. The average molecular weight is 338 g/mol. The van der Waals surface area contributed by atoms with Gasteiger partial charge in [0.1, 0.15) is 0 Å². The predicted octanol–water partition coefficient (Wildman–Crippen LogP) is 0.800. The van der Waals surface area contributed by atoms with Crippen molar-refractivity contribution in [2.45, 2.75) is 13.8 Å². The maximum atomic E-state index is 9.76. The number of Topliss-reactive ketones (excluding diaryl/α,β-unsaturated/α-hetero) is 1. The quantitative estimate of drug-likeness (QED) is 0.647. The molecule has 0 aliphatic rings. The van der Waals surface area contributed by atoms with Gasteiger partial charge in [-0.3, -0.25) is 0 Å². The second-order valence-electron chi connectivity index (χ2n) is 0.899. The van der Waals surface area contributed by atoms with E-state index >= 15 is 0 Å². The summed E-state index contributed by atoms with van der Waals surface area (Å²) in [6, 6.07) is 0. The molecule has 6 heavy (non-hydrogen) atoms. The average Bonchev–Trinajstić information content (AvgIpc) is 1.38. The molecule has 0 radical (unpaired) electrons. The van der Waals surface area contributed by atoms with E-state index in [4.69, 9.17) is 0 Å². The van der Waals surface area contributed by atoms with Gasteiger partial charge in [0.25, 0.3) is 0 Å². The van der Waals surface area contributed by atoms with Crippen LogP contribution in [0.15, 0.2) is 0 Å². The third-order valence-corrected chi connectivity index (χ3v) is 0.407. The molecule has 0 saturated heterocycles. The van der Waals surface area contributed by atoms with E-state index in [-0.39, 0.29) is 5.78 Å². The van der Waals surface area contributed by atoms with Crippen LogP contribution >= 0.6 is 0 Å². The Kier molecular flexibility index (Phi) is 5.20. The second-order valence-corrected chi connectivity index (χ2v) is 0.899. The Hall–Kier alpha value is -1.46. The van der Waals surface area contributed by atoms with E-state index in [0.29, 0.717) is 0 Å². The van der Waals surface area contributed by atoms with Crippen molar-refractivity contribution >= 4 is 5.78 Å². The number of rotatable bonds is 1. The molecule has 0 aliphatic carbocycles. The Morgan fingerprint density at radius 1 is 1.67 bits per heavy atom. The minimum atomic E-state index is 0. The van der Waals surface area contributed by atoms with Crippen molar-refractivity contribution in [1.82, 2.24) is 0 Å². The van der Waals surface area contributed by atoms with Crippen molar-refractivity contribution in [2.24, 2.45) is 0 Å². The molecular formula is C4H7ORf-. The summed E-state index contributed by atoms with van der Waals surface area (Å²) in [5, 5.41) is 0. The smallest absolute Gasteiger partial charge is 0 e. The molecule has 0 aromatic heterocycles. The number of carbonyl (C=O) groups excluding carboxylic acids is 1. The van der Waals surface area contributed by atoms with Gasteiger partial charge in [0, 0.05) is 0 Å². The molecule has 0 saturated carbocycles. The topological polar surface area (TPSA) is 17.1 Å². The van der Waals surface area contributed by atoms with E-state index in [1.54, 1.807) is 6.92 Å². The molecule has 0 aromatic rings. The fourth-order valence-corrected chi connectivity index (χ4v) is 0. The summed E-state index contributed by atoms with van der Waals surface area (Å²) in [4.78, 5) is 9.76. The van der Waals surface area contributed by atoms with Crippen LogP contribution in [0.25, 0.3) is 0 Å². The molecule has 2 heteroatoms. The third kappa shape index (κ3) is 20.7. The zero-order valence-electron chi connectivity index (χ0n) is 4.19. The molecule has 0 amide bonds. The summed E-state index contributed by atoms with van der Waals surface area (Å²) in [6.45, 7) is 3.25. The van der Waals surface area contributed by atoms with Crippen molar-refractivity contribution in [3.63, 3.8) is 0 Å². The van der Waals surface area contributed by atoms with Crippen LogP contribution in [0.5, 0.6) is 0 Å². The van der Waals surface area contributed by atoms with E-state index in [1.807, 2.05) is 0 Å². The van der Waals surface area contributed by atoms with Crippen molar-refractivity contribution in [3.8, 4) is 0 Å². The zero-order chi connectivity index (χ0) is 4.28. The van der Waals surface area contributed by atoms with Crippen LogP contribution in [0.1, 0.15) is 13.8 Å². The Morgan fingerprint density at radius 2 is 1.83 bits per heavy atom. The molecule has 0 unspecified atom stereocenters. The van der Waals surface area contributed by atoms with Gasteiger partial charge >= 0.3 is 0 Å². The molecule has 0 atom stereocenters. The van der Waals surface area contributed by atoms with Crippen molar-refractivity contribution in [2.75, 3.05) is 0 Å². The van der Waals surface area contributed by atoms with Crippen LogP contribution in [0, 0.1) is 6.42 Å². The zero-order valence-corrected chi connectivity index (χ0v) is 10.6. The first-order valence-corrected chi connectivity index (χ1v) is 1.57. The number of hydrogen-bond donors (Lipinski definition) is 0. The van der Waals surface area contributed by atoms with Crippen LogP contribution in [-0.4, -0.2) is 5.78 Å². The van der Waals surface area contributed by atoms with Crippen LogP contribution in [0.4, 0.5) is 0 Å². The summed E-state index contributed by atoms with van der Waals surface area (Å²) in [7, 11) is 0. The second kappa shape index (κ2) is 3.54. The van der Waals surface area contributed by atoms with E-state index in [0.717, 1.165) is 0 Å². The van der Waals surface area contributed by atoms with Crippen LogP contribution in [-0.2, 0) is 4.79 Å². The summed E-state index contributed by atoms with van der Waals surface area (Å²) < 4.78 is 0. The number of carbonyl (C=O) groups is 1. The molecular weight excluding hydrogens is 331 g/mol. The fraction of sp³-hybridized carbons (Fsp3) is 0.500. The normalized spacial score (nSPS) is 5.67. The van der Waals surface area contributed by atoms with Crippen LogP contribution in [0.2, 0.25) is 0 Å². The van der Waals surface area contributed by atoms with Gasteiger partial charge in [-0.05, 0) is 12.7 Å². The van der Waals surface area contributed by atoms with Crippen molar-refractivity contribution in [1.29, 1.82) is 0 Å². The van der Waals surface area contributed by atoms with Crippen molar-refractivity contribution < 1.29 is 4.79 Å². The van der Waals surface area contributed by atoms with E-state index < -0.39 is 0 Å². The maximum absolute atomic E-state index is 9.76. The minimum Gasteiger partial charge on any atom is -0.335 e. The van der Waals surface area contributed by atoms with Crippen LogP contribution < -0.4 is 0 Å². The predicted molar refractivity (Wildman–Crippen MR) is 20.7 cm³/mol. The van der Waals surface area contributed by atoms with Crippen LogP contribution in [0.3, 0.4) is 0 Å². The summed E-state index contributed by atoms with van der Waals surface area (Å²) in [5.74, 6) is 0.130. The fourth-order valence-electron chi connectivity index (χ4n) is 0. The van der Waals surface area contributed by atoms with Gasteiger partial charge in [0.2, 0.25) is 0 Å². The molecule has 0 aromatic carbocycles. The summed E-state index contributed by atoms with van der Waals surface area (Å²) >= 11 is 0. The molecule has 0 heterocycles. The monoisotopic (exact) mass is 338 g/mol. The molecule has 0 fully saturated rings. The largest absolute Gasteiger partial charge is 0.335 e.